The summed E-state index contributed by atoms with van der Waals surface area (Å²) in [7, 11) is 4.85. The standard InChI is InChI=1S/C20H22N4O3S.BrH/c1-25-16-8-5-4-7-13(16)15-12-28-20(23-15)24-19(21)22-11-14-17(26-2)9-6-10-18(14)27-3;/h4-10,12H,11H2,1-3H3,(H3,21,22,23,24);1H. The van der Waals surface area contributed by atoms with Crippen molar-refractivity contribution in [2.45, 2.75) is 6.54 Å². The van der Waals surface area contributed by atoms with Crippen LogP contribution in [-0.4, -0.2) is 32.3 Å². The number of nitrogens with zero attached hydrogens (tertiary/aromatic N) is 1. The van der Waals surface area contributed by atoms with Gasteiger partial charge in [-0.2, -0.15) is 0 Å². The number of methoxy groups -OCH3 is 3. The molecule has 29 heavy (non-hydrogen) atoms. The Morgan fingerprint density at radius 1 is 0.966 bits per heavy atom. The monoisotopic (exact) mass is 478 g/mol. The molecular formula is C20H23BrN4O3S. The normalized spacial score (nSPS) is 9.90. The third-order valence-electron chi connectivity index (χ3n) is 4.09. The molecule has 0 fully saturated rings. The first-order valence-electron chi connectivity index (χ1n) is 8.54. The number of ether oxygens (including phenoxy) is 3. The summed E-state index contributed by atoms with van der Waals surface area (Å²) >= 11 is 1.42. The molecule has 0 unspecified atom stereocenters. The van der Waals surface area contributed by atoms with E-state index in [0.717, 1.165) is 22.6 Å². The van der Waals surface area contributed by atoms with Crippen molar-refractivity contribution >= 4 is 39.4 Å². The number of aromatic nitrogens is 1. The summed E-state index contributed by atoms with van der Waals surface area (Å²) in [5.41, 5.74) is 2.55. The Morgan fingerprint density at radius 3 is 2.24 bits per heavy atom. The molecule has 154 valence electrons. The van der Waals surface area contributed by atoms with Gasteiger partial charge < -0.3 is 24.8 Å². The highest BCUT2D eigenvalue weighted by molar-refractivity contribution is 8.93. The molecule has 3 aromatic rings. The van der Waals surface area contributed by atoms with Gasteiger partial charge in [0, 0.05) is 10.9 Å². The van der Waals surface area contributed by atoms with E-state index >= 15 is 0 Å². The molecule has 1 aromatic heterocycles. The Morgan fingerprint density at radius 2 is 1.59 bits per heavy atom. The van der Waals surface area contributed by atoms with Gasteiger partial charge >= 0.3 is 0 Å². The molecule has 1 heterocycles. The summed E-state index contributed by atoms with van der Waals surface area (Å²) in [6, 6.07) is 13.3. The third kappa shape index (κ3) is 5.39. The highest BCUT2D eigenvalue weighted by Crippen LogP contribution is 2.32. The van der Waals surface area contributed by atoms with Crippen LogP contribution in [0.5, 0.6) is 17.2 Å². The van der Waals surface area contributed by atoms with Gasteiger partial charge in [-0.25, -0.2) is 4.98 Å². The molecule has 0 spiro atoms. The summed E-state index contributed by atoms with van der Waals surface area (Å²) in [5, 5.41) is 16.7. The zero-order valence-electron chi connectivity index (χ0n) is 16.3. The topological polar surface area (TPSA) is 88.5 Å². The zero-order chi connectivity index (χ0) is 19.9. The number of para-hydroxylation sites is 1. The number of rotatable bonds is 7. The van der Waals surface area contributed by atoms with Crippen LogP contribution >= 0.6 is 28.3 Å². The van der Waals surface area contributed by atoms with E-state index in [0.29, 0.717) is 23.2 Å². The number of anilines is 1. The average Bonchev–Trinajstić information content (AvgIpc) is 3.19. The fraction of sp³-hybridized carbons (Fsp3) is 0.200. The Hall–Kier alpha value is -2.78. The molecule has 3 N–H and O–H groups in total. The van der Waals surface area contributed by atoms with Crippen molar-refractivity contribution < 1.29 is 14.2 Å². The molecule has 0 aliphatic heterocycles. The number of hydrogen-bond donors (Lipinski definition) is 3. The Kier molecular flexibility index (Phi) is 8.29. The van der Waals surface area contributed by atoms with Gasteiger partial charge in [-0.15, -0.1) is 28.3 Å². The minimum absolute atomic E-state index is 0. The SMILES string of the molecule is Br.COc1ccccc1-c1csc(NC(=N)NCc2c(OC)cccc2OC)n1. The minimum Gasteiger partial charge on any atom is -0.496 e. The van der Waals surface area contributed by atoms with Crippen LogP contribution in [0.2, 0.25) is 0 Å². The third-order valence-corrected chi connectivity index (χ3v) is 4.85. The summed E-state index contributed by atoms with van der Waals surface area (Å²) in [6.07, 6.45) is 0. The quantitative estimate of drug-likeness (QED) is 0.341. The molecule has 0 amide bonds. The summed E-state index contributed by atoms with van der Waals surface area (Å²) < 4.78 is 16.1. The van der Waals surface area contributed by atoms with Crippen molar-refractivity contribution in [3.8, 4) is 28.5 Å². The lowest BCUT2D eigenvalue weighted by Gasteiger charge is -2.14. The largest absolute Gasteiger partial charge is 0.496 e. The maximum absolute atomic E-state index is 8.16. The van der Waals surface area contributed by atoms with E-state index in [4.69, 9.17) is 19.6 Å². The number of nitrogens with one attached hydrogen (secondary N) is 3. The first-order chi connectivity index (χ1) is 13.7. The van der Waals surface area contributed by atoms with Gasteiger partial charge in [0.25, 0.3) is 0 Å². The van der Waals surface area contributed by atoms with E-state index in [2.05, 4.69) is 15.6 Å². The van der Waals surface area contributed by atoms with Crippen molar-refractivity contribution in [2.24, 2.45) is 0 Å². The number of hydrogen-bond acceptors (Lipinski definition) is 6. The van der Waals surface area contributed by atoms with Gasteiger partial charge in [-0.1, -0.05) is 18.2 Å². The molecule has 3 rings (SSSR count). The second kappa shape index (κ2) is 10.7. The van der Waals surface area contributed by atoms with Gasteiger partial charge in [0.15, 0.2) is 11.1 Å². The van der Waals surface area contributed by atoms with Crippen molar-refractivity contribution in [1.29, 1.82) is 5.41 Å². The average molecular weight is 479 g/mol. The summed E-state index contributed by atoms with van der Waals surface area (Å²) in [5.74, 6) is 2.30. The lowest BCUT2D eigenvalue weighted by molar-refractivity contribution is 0.384. The Bertz CT molecular complexity index is 942. The number of halogens is 1. The minimum atomic E-state index is 0. The first kappa shape index (κ1) is 22.5. The molecule has 7 nitrogen and oxygen atoms in total. The fourth-order valence-corrected chi connectivity index (χ4v) is 3.46. The van der Waals surface area contributed by atoms with Gasteiger partial charge in [0.05, 0.1) is 39.1 Å². The van der Waals surface area contributed by atoms with E-state index < -0.39 is 0 Å². The second-order valence-electron chi connectivity index (χ2n) is 5.73. The fourth-order valence-electron chi connectivity index (χ4n) is 2.74. The lowest BCUT2D eigenvalue weighted by atomic mass is 10.1. The molecule has 0 bridgehead atoms. The van der Waals surface area contributed by atoms with E-state index in [1.54, 1.807) is 21.3 Å². The number of benzene rings is 2. The van der Waals surface area contributed by atoms with Crippen LogP contribution in [-0.2, 0) is 6.54 Å². The predicted molar refractivity (Wildman–Crippen MR) is 122 cm³/mol. The molecule has 2 aromatic carbocycles. The van der Waals surface area contributed by atoms with Crippen molar-refractivity contribution in [3.63, 3.8) is 0 Å². The molecule has 0 saturated heterocycles. The zero-order valence-corrected chi connectivity index (χ0v) is 18.8. The van der Waals surface area contributed by atoms with E-state index in [1.165, 1.54) is 11.3 Å². The maximum atomic E-state index is 8.16. The molecule has 0 aliphatic rings. The van der Waals surface area contributed by atoms with Gasteiger partial charge in [0.1, 0.15) is 17.2 Å². The van der Waals surface area contributed by atoms with Crippen molar-refractivity contribution in [1.82, 2.24) is 10.3 Å². The van der Waals surface area contributed by atoms with Crippen LogP contribution in [0, 0.1) is 5.41 Å². The first-order valence-corrected chi connectivity index (χ1v) is 9.42. The summed E-state index contributed by atoms with van der Waals surface area (Å²) in [4.78, 5) is 4.55. The predicted octanol–water partition coefficient (Wildman–Crippen LogP) is 4.55. The van der Waals surface area contributed by atoms with Crippen LogP contribution in [0.25, 0.3) is 11.3 Å². The molecule has 0 atom stereocenters. The van der Waals surface area contributed by atoms with E-state index in [1.807, 2.05) is 47.8 Å². The maximum Gasteiger partial charge on any atom is 0.195 e. The highest BCUT2D eigenvalue weighted by atomic mass is 79.9. The van der Waals surface area contributed by atoms with Crippen LogP contribution in [0.1, 0.15) is 5.56 Å². The van der Waals surface area contributed by atoms with E-state index in [9.17, 15) is 0 Å². The lowest BCUT2D eigenvalue weighted by Crippen LogP contribution is -2.29. The number of guanidine groups is 1. The van der Waals surface area contributed by atoms with Crippen LogP contribution < -0.4 is 24.8 Å². The van der Waals surface area contributed by atoms with Crippen molar-refractivity contribution in [2.75, 3.05) is 26.6 Å². The van der Waals surface area contributed by atoms with Crippen molar-refractivity contribution in [3.05, 3.63) is 53.4 Å². The van der Waals surface area contributed by atoms with Gasteiger partial charge in [0.2, 0.25) is 0 Å². The Labute approximate surface area is 184 Å². The Balaban J connectivity index is 0.00000300. The molecule has 0 radical (unpaired) electrons. The second-order valence-corrected chi connectivity index (χ2v) is 6.59. The molecule has 0 saturated carbocycles. The molecule has 9 heteroatoms. The smallest absolute Gasteiger partial charge is 0.195 e. The summed E-state index contributed by atoms with van der Waals surface area (Å²) in [6.45, 7) is 0.379. The molecule has 0 aliphatic carbocycles. The van der Waals surface area contributed by atoms with Crippen LogP contribution in [0.4, 0.5) is 5.13 Å². The van der Waals surface area contributed by atoms with E-state index in [-0.39, 0.29) is 22.9 Å². The number of thiazole rings is 1. The van der Waals surface area contributed by atoms with Gasteiger partial charge in [-0.05, 0) is 24.3 Å². The van der Waals surface area contributed by atoms with Gasteiger partial charge in [-0.3, -0.25) is 5.41 Å². The van der Waals surface area contributed by atoms with Crippen LogP contribution in [0.3, 0.4) is 0 Å². The highest BCUT2D eigenvalue weighted by Gasteiger charge is 2.12. The molecular weight excluding hydrogens is 456 g/mol. The van der Waals surface area contributed by atoms with Crippen LogP contribution in [0.15, 0.2) is 47.8 Å².